The van der Waals surface area contributed by atoms with Gasteiger partial charge in [-0.25, -0.2) is 9.78 Å². The molecule has 1 amide bonds. The summed E-state index contributed by atoms with van der Waals surface area (Å²) in [6, 6.07) is 14.5. The van der Waals surface area contributed by atoms with E-state index in [1.54, 1.807) is 52.0 Å². The van der Waals surface area contributed by atoms with Crippen LogP contribution >= 0.6 is 23.2 Å². The number of halogens is 2. The summed E-state index contributed by atoms with van der Waals surface area (Å²) >= 11 is 12.1. The van der Waals surface area contributed by atoms with Crippen LogP contribution in [0.15, 0.2) is 66.6 Å². The fraction of sp³-hybridized carbons (Fsp3) is 0.267. The Labute approximate surface area is 243 Å². The molecular weight excluding hydrogens is 555 g/mol. The van der Waals surface area contributed by atoms with Gasteiger partial charge in [0.1, 0.15) is 11.8 Å². The van der Waals surface area contributed by atoms with E-state index in [1.165, 1.54) is 26.3 Å². The quantitative estimate of drug-likeness (QED) is 0.238. The average Bonchev–Trinajstić information content (AvgIpc) is 2.90. The van der Waals surface area contributed by atoms with Crippen molar-refractivity contribution in [3.63, 3.8) is 0 Å². The van der Waals surface area contributed by atoms with E-state index in [0.717, 1.165) is 11.1 Å². The molecule has 0 spiro atoms. The number of nitrogens with zero attached hydrogens (tertiary/aromatic N) is 1. The maximum atomic E-state index is 13.1. The van der Waals surface area contributed by atoms with Gasteiger partial charge in [0.2, 0.25) is 5.75 Å². The maximum absolute atomic E-state index is 13.1. The number of carbonyl (C=O) groups excluding carboxylic acids is 3. The van der Waals surface area contributed by atoms with Crippen molar-refractivity contribution in [2.75, 3.05) is 7.11 Å². The molecule has 1 unspecified atom stereocenters. The minimum Gasteiger partial charge on any atom is -0.493 e. The van der Waals surface area contributed by atoms with Gasteiger partial charge in [0.25, 0.3) is 5.91 Å². The normalized spacial score (nSPS) is 11.7. The Balaban J connectivity index is 1.86. The van der Waals surface area contributed by atoms with Gasteiger partial charge < -0.3 is 19.5 Å². The third kappa shape index (κ3) is 7.61. The fourth-order valence-electron chi connectivity index (χ4n) is 3.52. The Morgan fingerprint density at radius 1 is 0.900 bits per heavy atom. The van der Waals surface area contributed by atoms with E-state index in [1.807, 2.05) is 24.3 Å². The summed E-state index contributed by atoms with van der Waals surface area (Å²) in [6.45, 7) is 8.15. The van der Waals surface area contributed by atoms with Gasteiger partial charge in [0.15, 0.2) is 11.4 Å². The van der Waals surface area contributed by atoms with E-state index in [4.69, 9.17) is 37.4 Å². The van der Waals surface area contributed by atoms with Gasteiger partial charge in [-0.2, -0.15) is 0 Å². The number of amides is 1. The number of hydrogen-bond acceptors (Lipinski definition) is 7. The molecule has 3 rings (SSSR count). The number of pyridine rings is 1. The van der Waals surface area contributed by atoms with Crippen LogP contribution in [-0.2, 0) is 14.3 Å². The van der Waals surface area contributed by atoms with Crippen molar-refractivity contribution in [1.29, 1.82) is 0 Å². The number of benzene rings is 2. The molecule has 1 N–H and O–H groups in total. The van der Waals surface area contributed by atoms with Crippen LogP contribution in [0.5, 0.6) is 11.5 Å². The van der Waals surface area contributed by atoms with Crippen LogP contribution in [0, 0.1) is 5.41 Å². The second-order valence-electron chi connectivity index (χ2n) is 9.89. The van der Waals surface area contributed by atoms with E-state index in [0.29, 0.717) is 21.4 Å². The maximum Gasteiger partial charge on any atom is 0.333 e. The lowest BCUT2D eigenvalue weighted by molar-refractivity contribution is -0.143. The van der Waals surface area contributed by atoms with E-state index < -0.39 is 29.3 Å². The number of methoxy groups -OCH3 is 1. The lowest BCUT2D eigenvalue weighted by atomic mass is 9.97. The predicted octanol–water partition coefficient (Wildman–Crippen LogP) is 6.49. The molecule has 0 saturated heterocycles. The Hall–Kier alpha value is -3.88. The number of ether oxygens (including phenoxy) is 3. The number of allylic oxidation sites excluding steroid dienone is 1. The lowest BCUT2D eigenvalue weighted by Gasteiger charge is -2.20. The van der Waals surface area contributed by atoms with Crippen molar-refractivity contribution in [3.05, 3.63) is 93.4 Å². The van der Waals surface area contributed by atoms with Crippen LogP contribution in [0.2, 0.25) is 10.0 Å². The minimum atomic E-state index is -1.08. The summed E-state index contributed by atoms with van der Waals surface area (Å²) in [5.41, 5.74) is 1.11. The summed E-state index contributed by atoms with van der Waals surface area (Å²) < 4.78 is 16.4. The van der Waals surface area contributed by atoms with Crippen molar-refractivity contribution in [1.82, 2.24) is 10.3 Å². The van der Waals surface area contributed by atoms with Crippen LogP contribution in [0.1, 0.15) is 56.2 Å². The second kappa shape index (κ2) is 13.0. The topological polar surface area (TPSA) is 104 Å². The van der Waals surface area contributed by atoms with Crippen molar-refractivity contribution in [2.45, 2.75) is 40.7 Å². The zero-order valence-corrected chi connectivity index (χ0v) is 24.5. The van der Waals surface area contributed by atoms with Crippen LogP contribution in [0.3, 0.4) is 0 Å². The molecule has 40 heavy (non-hydrogen) atoms. The van der Waals surface area contributed by atoms with Gasteiger partial charge in [0.05, 0.1) is 12.5 Å². The third-order valence-corrected chi connectivity index (χ3v) is 6.19. The molecule has 1 aromatic heterocycles. The third-order valence-electron chi connectivity index (χ3n) is 5.68. The number of hydrogen-bond donors (Lipinski definition) is 1. The molecule has 2 aromatic carbocycles. The molecule has 0 saturated carbocycles. The first kappa shape index (κ1) is 30.7. The summed E-state index contributed by atoms with van der Waals surface area (Å²) in [6.07, 6.45) is 1.34. The van der Waals surface area contributed by atoms with Gasteiger partial charge in [0, 0.05) is 27.9 Å². The number of esters is 2. The highest BCUT2D eigenvalue weighted by atomic mass is 35.5. The average molecular weight is 585 g/mol. The van der Waals surface area contributed by atoms with E-state index in [2.05, 4.69) is 10.3 Å². The van der Waals surface area contributed by atoms with Gasteiger partial charge in [-0.15, -0.1) is 0 Å². The van der Waals surface area contributed by atoms with Crippen molar-refractivity contribution in [2.24, 2.45) is 5.41 Å². The molecule has 0 fully saturated rings. The summed E-state index contributed by atoms with van der Waals surface area (Å²) in [5, 5.41) is 3.68. The van der Waals surface area contributed by atoms with E-state index in [9.17, 15) is 14.4 Å². The Kier molecular flexibility index (Phi) is 9.95. The SMILES string of the molecule is COc1ccnc(C(=O)NC(C)C(=O)OC(C)=C(c2ccc(Cl)cc2)c2ccc(Cl)cc2)c1OC(=O)C(C)(C)C. The first-order valence-electron chi connectivity index (χ1n) is 12.3. The molecule has 0 aliphatic carbocycles. The van der Waals surface area contributed by atoms with Crippen molar-refractivity contribution < 1.29 is 28.6 Å². The molecule has 210 valence electrons. The minimum absolute atomic E-state index is 0.141. The first-order chi connectivity index (χ1) is 18.8. The number of nitrogens with one attached hydrogen (secondary N) is 1. The van der Waals surface area contributed by atoms with Crippen molar-refractivity contribution in [3.8, 4) is 11.5 Å². The number of rotatable bonds is 8. The van der Waals surface area contributed by atoms with Crippen LogP contribution in [-0.4, -0.2) is 36.0 Å². The van der Waals surface area contributed by atoms with Gasteiger partial charge in [-0.05, 0) is 70.0 Å². The molecular formula is C30H30Cl2N2O6. The standard InChI is InChI=1S/C30H30Cl2N2O6/c1-17(34-27(35)25-26(23(38-6)15-16-33-25)40-29(37)30(3,4)5)28(36)39-18(2)24(19-7-11-21(31)12-8-19)20-9-13-22(32)14-10-20/h7-17H,1-6H3,(H,34,35). The molecule has 10 heteroatoms. The van der Waals surface area contributed by atoms with Gasteiger partial charge >= 0.3 is 11.9 Å². The molecule has 0 bridgehead atoms. The van der Waals surface area contributed by atoms with Gasteiger partial charge in [-0.1, -0.05) is 47.5 Å². The highest BCUT2D eigenvalue weighted by molar-refractivity contribution is 6.31. The molecule has 0 radical (unpaired) electrons. The molecule has 1 atom stereocenters. The van der Waals surface area contributed by atoms with Crippen LogP contribution in [0.4, 0.5) is 0 Å². The molecule has 8 nitrogen and oxygen atoms in total. The van der Waals surface area contributed by atoms with Crippen LogP contribution in [0.25, 0.3) is 5.57 Å². The van der Waals surface area contributed by atoms with Crippen LogP contribution < -0.4 is 14.8 Å². The van der Waals surface area contributed by atoms with Gasteiger partial charge in [-0.3, -0.25) is 9.59 Å². The monoisotopic (exact) mass is 584 g/mol. The highest BCUT2D eigenvalue weighted by Gasteiger charge is 2.30. The van der Waals surface area contributed by atoms with Crippen molar-refractivity contribution >= 4 is 46.6 Å². The summed E-state index contributed by atoms with van der Waals surface area (Å²) in [4.78, 5) is 42.8. The second-order valence-corrected chi connectivity index (χ2v) is 10.8. The molecule has 0 aliphatic rings. The summed E-state index contributed by atoms with van der Waals surface area (Å²) in [5.74, 6) is -1.76. The molecule has 0 aliphatic heterocycles. The van der Waals surface area contributed by atoms with E-state index >= 15 is 0 Å². The fourth-order valence-corrected chi connectivity index (χ4v) is 3.77. The smallest absolute Gasteiger partial charge is 0.333 e. The predicted molar refractivity (Wildman–Crippen MR) is 153 cm³/mol. The highest BCUT2D eigenvalue weighted by Crippen LogP contribution is 2.32. The Morgan fingerprint density at radius 2 is 1.43 bits per heavy atom. The first-order valence-corrected chi connectivity index (χ1v) is 13.1. The largest absolute Gasteiger partial charge is 0.493 e. The Bertz CT molecular complexity index is 1380. The number of carbonyl (C=O) groups is 3. The Morgan fingerprint density at radius 3 is 1.90 bits per heavy atom. The lowest BCUT2D eigenvalue weighted by Crippen LogP contribution is -2.40. The molecule has 3 aromatic rings. The zero-order valence-electron chi connectivity index (χ0n) is 23.0. The zero-order chi connectivity index (χ0) is 29.6. The van der Waals surface area contributed by atoms with E-state index in [-0.39, 0.29) is 17.2 Å². The molecule has 1 heterocycles. The summed E-state index contributed by atoms with van der Waals surface area (Å²) in [7, 11) is 1.37. The number of aromatic nitrogens is 1.